The van der Waals surface area contributed by atoms with Crippen molar-refractivity contribution in [3.05, 3.63) is 59.2 Å². The van der Waals surface area contributed by atoms with E-state index in [-0.39, 0.29) is 11.8 Å². The average molecular weight is 567 g/mol. The molecular weight excluding hydrogens is 520 g/mol. The summed E-state index contributed by atoms with van der Waals surface area (Å²) in [7, 11) is 1.93. The van der Waals surface area contributed by atoms with Gasteiger partial charge in [-0.2, -0.15) is 11.8 Å². The highest BCUT2D eigenvalue weighted by Crippen LogP contribution is 2.29. The number of amides is 2. The molecule has 2 amide bonds. The second kappa shape index (κ2) is 14.7. The Labute approximate surface area is 244 Å². The van der Waals surface area contributed by atoms with Gasteiger partial charge < -0.3 is 15.0 Å². The molecule has 0 bridgehead atoms. The Kier molecular flexibility index (Phi) is 11.7. The number of carbonyl (C=O) groups excluding carboxylic acids is 3. The van der Waals surface area contributed by atoms with E-state index in [1.807, 2.05) is 88.4 Å². The van der Waals surface area contributed by atoms with Crippen LogP contribution in [0.1, 0.15) is 87.2 Å². The van der Waals surface area contributed by atoms with Crippen LogP contribution in [0.5, 0.6) is 0 Å². The summed E-state index contributed by atoms with van der Waals surface area (Å²) in [6.45, 7) is 7.50. The number of hydrogen-bond donors (Lipinski definition) is 1. The van der Waals surface area contributed by atoms with Crippen molar-refractivity contribution >= 4 is 29.5 Å². The molecule has 40 heavy (non-hydrogen) atoms. The van der Waals surface area contributed by atoms with Crippen molar-refractivity contribution < 1.29 is 19.1 Å². The van der Waals surface area contributed by atoms with Gasteiger partial charge in [0.25, 0.3) is 5.91 Å². The van der Waals surface area contributed by atoms with Gasteiger partial charge in [-0.05, 0) is 93.7 Å². The standard InChI is InChI=1S/C33H46N2O4S/c1-23-12-10-11-15-26(23)28-22-24(17-19-30(36)35(5)25-13-8-7-9-14-25)16-18-27(28)31(37)34-29(20-21-40-6)32(38)39-33(2,3)4/h10-12,15-16,18,22,25,29H,7-9,13-14,17,19-21H2,1-6H3,(H,34,37)/t29-/m0/s1. The quantitative estimate of drug-likeness (QED) is 0.311. The van der Waals surface area contributed by atoms with Gasteiger partial charge in [-0.3, -0.25) is 9.59 Å². The van der Waals surface area contributed by atoms with Crippen molar-refractivity contribution in [2.75, 3.05) is 19.1 Å². The lowest BCUT2D eigenvalue weighted by molar-refractivity contribution is -0.157. The van der Waals surface area contributed by atoms with Crippen molar-refractivity contribution in [1.29, 1.82) is 0 Å². The molecule has 1 saturated carbocycles. The number of aryl methyl sites for hydroxylation is 2. The summed E-state index contributed by atoms with van der Waals surface area (Å²) >= 11 is 1.62. The van der Waals surface area contributed by atoms with E-state index in [4.69, 9.17) is 4.74 Å². The number of esters is 1. The summed E-state index contributed by atoms with van der Waals surface area (Å²) in [6, 6.07) is 13.3. The third-order valence-corrected chi connectivity index (χ3v) is 8.16. The second-order valence-corrected chi connectivity index (χ2v) is 12.8. The molecule has 1 fully saturated rings. The summed E-state index contributed by atoms with van der Waals surface area (Å²) in [5, 5.41) is 2.95. The number of carbonyl (C=O) groups is 3. The Hall–Kier alpha value is -2.80. The highest BCUT2D eigenvalue weighted by atomic mass is 32.2. The van der Waals surface area contributed by atoms with Gasteiger partial charge in [0.2, 0.25) is 5.91 Å². The largest absolute Gasteiger partial charge is 0.458 e. The van der Waals surface area contributed by atoms with Gasteiger partial charge in [-0.25, -0.2) is 4.79 Å². The van der Waals surface area contributed by atoms with E-state index in [9.17, 15) is 14.4 Å². The van der Waals surface area contributed by atoms with Gasteiger partial charge in [0.15, 0.2) is 0 Å². The van der Waals surface area contributed by atoms with Gasteiger partial charge in [0, 0.05) is 25.1 Å². The van der Waals surface area contributed by atoms with Crippen LogP contribution in [-0.2, 0) is 20.7 Å². The van der Waals surface area contributed by atoms with Crippen LogP contribution in [0, 0.1) is 6.92 Å². The first kappa shape index (κ1) is 31.7. The minimum Gasteiger partial charge on any atom is -0.458 e. The minimum atomic E-state index is -0.739. The molecule has 0 spiro atoms. The number of nitrogens with zero attached hydrogens (tertiary/aromatic N) is 1. The lowest BCUT2D eigenvalue weighted by Gasteiger charge is -2.31. The summed E-state index contributed by atoms with van der Waals surface area (Å²) in [4.78, 5) is 41.5. The lowest BCUT2D eigenvalue weighted by Crippen LogP contribution is -2.44. The predicted octanol–water partition coefficient (Wildman–Crippen LogP) is 6.58. The Morgan fingerprint density at radius 3 is 2.40 bits per heavy atom. The first-order chi connectivity index (χ1) is 19.0. The molecule has 1 atom stereocenters. The van der Waals surface area contributed by atoms with Crippen molar-refractivity contribution in [1.82, 2.24) is 10.2 Å². The first-order valence-electron chi connectivity index (χ1n) is 14.5. The molecule has 6 nitrogen and oxygen atoms in total. The Balaban J connectivity index is 1.84. The van der Waals surface area contributed by atoms with E-state index in [0.29, 0.717) is 30.9 Å². The number of benzene rings is 2. The monoisotopic (exact) mass is 566 g/mol. The maximum absolute atomic E-state index is 13.6. The predicted molar refractivity (Wildman–Crippen MR) is 165 cm³/mol. The zero-order valence-electron chi connectivity index (χ0n) is 25.0. The fourth-order valence-corrected chi connectivity index (χ4v) is 5.71. The zero-order valence-corrected chi connectivity index (χ0v) is 25.9. The number of hydrogen-bond acceptors (Lipinski definition) is 5. The van der Waals surface area contributed by atoms with Crippen molar-refractivity contribution in [2.45, 2.75) is 96.7 Å². The molecule has 0 saturated heterocycles. The molecule has 0 heterocycles. The summed E-state index contributed by atoms with van der Waals surface area (Å²) in [5.74, 6) is 0.150. The molecule has 0 radical (unpaired) electrons. The maximum Gasteiger partial charge on any atom is 0.329 e. The van der Waals surface area contributed by atoms with Crippen LogP contribution in [0.3, 0.4) is 0 Å². The van der Waals surface area contributed by atoms with Gasteiger partial charge in [-0.15, -0.1) is 0 Å². The molecule has 218 valence electrons. The number of ether oxygens (including phenoxy) is 1. The van der Waals surface area contributed by atoms with Crippen molar-refractivity contribution in [2.24, 2.45) is 0 Å². The fraction of sp³-hybridized carbons (Fsp3) is 0.545. The number of nitrogens with one attached hydrogen (secondary N) is 1. The first-order valence-corrected chi connectivity index (χ1v) is 15.9. The van der Waals surface area contributed by atoms with Gasteiger partial charge in [-0.1, -0.05) is 55.7 Å². The molecule has 1 N–H and O–H groups in total. The molecule has 2 aromatic carbocycles. The number of thioether (sulfide) groups is 1. The van der Waals surface area contributed by atoms with Crippen LogP contribution >= 0.6 is 11.8 Å². The summed E-state index contributed by atoms with van der Waals surface area (Å²) in [6.07, 6.45) is 9.31. The second-order valence-electron chi connectivity index (χ2n) is 11.8. The average Bonchev–Trinajstić information content (AvgIpc) is 2.93. The van der Waals surface area contributed by atoms with Crippen LogP contribution in [0.15, 0.2) is 42.5 Å². The Morgan fingerprint density at radius 1 is 1.05 bits per heavy atom. The van der Waals surface area contributed by atoms with Crippen LogP contribution in [0.25, 0.3) is 11.1 Å². The zero-order chi connectivity index (χ0) is 29.3. The molecular formula is C33H46N2O4S. The van der Waals surface area contributed by atoms with Gasteiger partial charge >= 0.3 is 5.97 Å². The van der Waals surface area contributed by atoms with Gasteiger partial charge in [0.1, 0.15) is 11.6 Å². The molecule has 2 aromatic rings. The Bertz CT molecular complexity index is 1170. The Morgan fingerprint density at radius 2 is 1.75 bits per heavy atom. The van der Waals surface area contributed by atoms with Crippen molar-refractivity contribution in [3.63, 3.8) is 0 Å². The van der Waals surface area contributed by atoms with Crippen LogP contribution in [0.4, 0.5) is 0 Å². The van der Waals surface area contributed by atoms with E-state index in [1.165, 1.54) is 19.3 Å². The highest BCUT2D eigenvalue weighted by molar-refractivity contribution is 7.98. The van der Waals surface area contributed by atoms with Crippen LogP contribution in [0.2, 0.25) is 0 Å². The topological polar surface area (TPSA) is 75.7 Å². The SMILES string of the molecule is CSCC[C@H](NC(=O)c1ccc(CCC(=O)N(C)C2CCCCC2)cc1-c1ccccc1C)C(=O)OC(C)(C)C. The third-order valence-electron chi connectivity index (χ3n) is 7.51. The number of rotatable bonds is 11. The minimum absolute atomic E-state index is 0.167. The maximum atomic E-state index is 13.6. The molecule has 7 heteroatoms. The smallest absolute Gasteiger partial charge is 0.329 e. The molecule has 0 aliphatic heterocycles. The van der Waals surface area contributed by atoms with Crippen LogP contribution in [-0.4, -0.2) is 59.4 Å². The summed E-state index contributed by atoms with van der Waals surface area (Å²) in [5.41, 5.74) is 3.67. The molecule has 3 rings (SSSR count). The lowest BCUT2D eigenvalue weighted by atomic mass is 9.92. The van der Waals surface area contributed by atoms with E-state index in [2.05, 4.69) is 5.32 Å². The summed E-state index contributed by atoms with van der Waals surface area (Å²) < 4.78 is 5.61. The molecule has 1 aliphatic carbocycles. The third kappa shape index (κ3) is 9.12. The normalized spacial score (nSPS) is 14.8. The van der Waals surface area contributed by atoms with Crippen LogP contribution < -0.4 is 5.32 Å². The van der Waals surface area contributed by atoms with Crippen molar-refractivity contribution in [3.8, 4) is 11.1 Å². The molecule has 1 aliphatic rings. The fourth-order valence-electron chi connectivity index (χ4n) is 5.24. The molecule has 0 aromatic heterocycles. The van der Waals surface area contributed by atoms with E-state index < -0.39 is 17.6 Å². The van der Waals surface area contributed by atoms with E-state index >= 15 is 0 Å². The van der Waals surface area contributed by atoms with E-state index in [1.54, 1.807) is 11.8 Å². The highest BCUT2D eigenvalue weighted by Gasteiger charge is 2.28. The van der Waals surface area contributed by atoms with Gasteiger partial charge in [0.05, 0.1) is 0 Å². The molecule has 0 unspecified atom stereocenters. The van der Waals surface area contributed by atoms with E-state index in [0.717, 1.165) is 40.8 Å².